The maximum absolute atomic E-state index is 11.6. The molecule has 1 aliphatic carbocycles. The molecule has 17 heavy (non-hydrogen) atoms. The maximum atomic E-state index is 11.6. The van der Waals surface area contributed by atoms with E-state index in [1.807, 2.05) is 13.0 Å². The first-order chi connectivity index (χ1) is 8.20. The summed E-state index contributed by atoms with van der Waals surface area (Å²) in [4.78, 5) is 15.9. The lowest BCUT2D eigenvalue weighted by molar-refractivity contribution is -0.143. The van der Waals surface area contributed by atoms with Gasteiger partial charge in [-0.05, 0) is 37.8 Å². The highest BCUT2D eigenvalue weighted by molar-refractivity contribution is 6.30. The van der Waals surface area contributed by atoms with Crippen LogP contribution in [0.4, 0.5) is 0 Å². The van der Waals surface area contributed by atoms with E-state index in [9.17, 15) is 4.79 Å². The Morgan fingerprint density at radius 1 is 1.65 bits per heavy atom. The number of carbonyl (C=O) groups is 1. The lowest BCUT2D eigenvalue weighted by Gasteiger charge is -2.14. The smallest absolute Gasteiger partial charge is 0.306 e. The van der Waals surface area contributed by atoms with Crippen molar-refractivity contribution in [3.8, 4) is 0 Å². The number of hydrogen-bond acceptors (Lipinski definition) is 3. The predicted molar refractivity (Wildman–Crippen MR) is 66.0 cm³/mol. The number of esters is 1. The third kappa shape index (κ3) is 3.43. The van der Waals surface area contributed by atoms with E-state index >= 15 is 0 Å². The van der Waals surface area contributed by atoms with E-state index in [0.717, 1.165) is 18.5 Å². The molecule has 1 saturated carbocycles. The minimum absolute atomic E-state index is 0.147. The standard InChI is InChI=1S/C13H16ClNO2/c1-2-17-13(16)8-11(9-3-4-9)12-7-10(14)5-6-15-12/h5-7,9,11H,2-4,8H2,1H3. The van der Waals surface area contributed by atoms with Gasteiger partial charge in [0.15, 0.2) is 0 Å². The van der Waals surface area contributed by atoms with Crippen molar-refractivity contribution in [2.45, 2.75) is 32.1 Å². The van der Waals surface area contributed by atoms with Crippen molar-refractivity contribution >= 4 is 17.6 Å². The molecule has 92 valence electrons. The summed E-state index contributed by atoms with van der Waals surface area (Å²) in [5, 5.41) is 0.671. The van der Waals surface area contributed by atoms with Gasteiger partial charge in [0.2, 0.25) is 0 Å². The van der Waals surface area contributed by atoms with Crippen molar-refractivity contribution in [2.24, 2.45) is 5.92 Å². The Labute approximate surface area is 106 Å². The van der Waals surface area contributed by atoms with Crippen LogP contribution in [0.1, 0.15) is 37.8 Å². The first-order valence-corrected chi connectivity index (χ1v) is 6.35. The molecule has 3 nitrogen and oxygen atoms in total. The summed E-state index contributed by atoms with van der Waals surface area (Å²) in [6.45, 7) is 2.25. The van der Waals surface area contributed by atoms with Crippen molar-refractivity contribution in [3.05, 3.63) is 29.0 Å². The van der Waals surface area contributed by atoms with Gasteiger partial charge in [-0.15, -0.1) is 0 Å². The van der Waals surface area contributed by atoms with Gasteiger partial charge in [0, 0.05) is 22.8 Å². The minimum Gasteiger partial charge on any atom is -0.466 e. The van der Waals surface area contributed by atoms with Crippen LogP contribution in [-0.4, -0.2) is 17.6 Å². The van der Waals surface area contributed by atoms with Gasteiger partial charge in [0.1, 0.15) is 0 Å². The van der Waals surface area contributed by atoms with E-state index in [1.54, 1.807) is 12.3 Å². The number of carbonyl (C=O) groups excluding carboxylic acids is 1. The Bertz CT molecular complexity index is 404. The quantitative estimate of drug-likeness (QED) is 0.757. The number of halogens is 1. The predicted octanol–water partition coefficient (Wildman–Crippen LogP) is 3.18. The summed E-state index contributed by atoms with van der Waals surface area (Å²) in [7, 11) is 0. The number of hydrogen-bond donors (Lipinski definition) is 0. The Balaban J connectivity index is 2.09. The van der Waals surface area contributed by atoms with Gasteiger partial charge in [-0.3, -0.25) is 9.78 Å². The van der Waals surface area contributed by atoms with Crippen molar-refractivity contribution in [1.82, 2.24) is 4.98 Å². The highest BCUT2D eigenvalue weighted by Crippen LogP contribution is 2.44. The maximum Gasteiger partial charge on any atom is 0.306 e. The molecule has 0 aromatic carbocycles. The monoisotopic (exact) mass is 253 g/mol. The number of ether oxygens (including phenoxy) is 1. The zero-order chi connectivity index (χ0) is 12.3. The zero-order valence-corrected chi connectivity index (χ0v) is 10.6. The molecule has 4 heteroatoms. The van der Waals surface area contributed by atoms with Crippen LogP contribution < -0.4 is 0 Å². The summed E-state index contributed by atoms with van der Waals surface area (Å²) < 4.78 is 5.00. The van der Waals surface area contributed by atoms with Gasteiger partial charge >= 0.3 is 5.97 Å². The van der Waals surface area contributed by atoms with Crippen molar-refractivity contribution in [3.63, 3.8) is 0 Å². The van der Waals surface area contributed by atoms with Crippen LogP contribution in [0.3, 0.4) is 0 Å². The Morgan fingerprint density at radius 3 is 3.00 bits per heavy atom. The fraction of sp³-hybridized carbons (Fsp3) is 0.538. The van der Waals surface area contributed by atoms with Crippen LogP contribution in [0.2, 0.25) is 5.02 Å². The van der Waals surface area contributed by atoms with Crippen LogP contribution in [0.5, 0.6) is 0 Å². The highest BCUT2D eigenvalue weighted by atomic mass is 35.5. The molecule has 1 fully saturated rings. The largest absolute Gasteiger partial charge is 0.466 e. The summed E-state index contributed by atoms with van der Waals surface area (Å²) in [5.41, 5.74) is 0.910. The van der Waals surface area contributed by atoms with Gasteiger partial charge in [-0.1, -0.05) is 11.6 Å². The van der Waals surface area contributed by atoms with Crippen molar-refractivity contribution < 1.29 is 9.53 Å². The highest BCUT2D eigenvalue weighted by Gasteiger charge is 2.35. The lowest BCUT2D eigenvalue weighted by atomic mass is 9.95. The van der Waals surface area contributed by atoms with Crippen LogP contribution in [0.15, 0.2) is 18.3 Å². The number of nitrogens with zero attached hydrogens (tertiary/aromatic N) is 1. The third-order valence-corrected chi connectivity index (χ3v) is 3.24. The molecule has 0 amide bonds. The minimum atomic E-state index is -0.147. The molecule has 1 aromatic heterocycles. The van der Waals surface area contributed by atoms with Crippen LogP contribution in [0.25, 0.3) is 0 Å². The van der Waals surface area contributed by atoms with E-state index in [1.165, 1.54) is 0 Å². The van der Waals surface area contributed by atoms with Crippen molar-refractivity contribution in [1.29, 1.82) is 0 Å². The molecule has 0 spiro atoms. The molecule has 0 saturated heterocycles. The summed E-state index contributed by atoms with van der Waals surface area (Å²) >= 11 is 5.96. The van der Waals surface area contributed by atoms with Gasteiger partial charge in [-0.25, -0.2) is 0 Å². The molecule has 1 heterocycles. The molecule has 2 rings (SSSR count). The fourth-order valence-corrected chi connectivity index (χ4v) is 2.20. The molecular formula is C13H16ClNO2. The van der Waals surface area contributed by atoms with Crippen LogP contribution in [0, 0.1) is 5.92 Å². The van der Waals surface area contributed by atoms with Crippen molar-refractivity contribution in [2.75, 3.05) is 6.61 Å². The van der Waals surface area contributed by atoms with Gasteiger partial charge in [-0.2, -0.15) is 0 Å². The Hall–Kier alpha value is -1.09. The summed E-state index contributed by atoms with van der Waals surface area (Å²) in [6.07, 6.45) is 4.43. The molecule has 0 bridgehead atoms. The summed E-state index contributed by atoms with van der Waals surface area (Å²) in [5.74, 6) is 0.573. The molecule has 1 atom stereocenters. The van der Waals surface area contributed by atoms with Crippen LogP contribution in [-0.2, 0) is 9.53 Å². The normalized spacial score (nSPS) is 16.6. The fourth-order valence-electron chi connectivity index (χ4n) is 2.03. The number of pyridine rings is 1. The van der Waals surface area contributed by atoms with E-state index in [0.29, 0.717) is 24.0 Å². The molecule has 0 N–H and O–H groups in total. The molecular weight excluding hydrogens is 238 g/mol. The average Bonchev–Trinajstić information content (AvgIpc) is 3.10. The van der Waals surface area contributed by atoms with Gasteiger partial charge in [0.05, 0.1) is 13.0 Å². The molecule has 1 aromatic rings. The van der Waals surface area contributed by atoms with Gasteiger partial charge in [0.25, 0.3) is 0 Å². The first-order valence-electron chi connectivity index (χ1n) is 5.97. The Kier molecular flexibility index (Phi) is 4.00. The van der Waals surface area contributed by atoms with E-state index in [2.05, 4.69) is 4.98 Å². The molecule has 0 aliphatic heterocycles. The second-order valence-corrected chi connectivity index (χ2v) is 4.79. The number of rotatable bonds is 5. The van der Waals surface area contributed by atoms with Crippen LogP contribution >= 0.6 is 11.6 Å². The Morgan fingerprint density at radius 2 is 2.41 bits per heavy atom. The second kappa shape index (κ2) is 5.50. The number of aromatic nitrogens is 1. The van der Waals surface area contributed by atoms with E-state index < -0.39 is 0 Å². The van der Waals surface area contributed by atoms with E-state index in [-0.39, 0.29) is 11.9 Å². The molecule has 0 radical (unpaired) electrons. The lowest BCUT2D eigenvalue weighted by Crippen LogP contribution is -2.13. The average molecular weight is 254 g/mol. The topological polar surface area (TPSA) is 39.2 Å². The van der Waals surface area contributed by atoms with E-state index in [4.69, 9.17) is 16.3 Å². The SMILES string of the molecule is CCOC(=O)CC(c1cc(Cl)ccn1)C1CC1. The second-order valence-electron chi connectivity index (χ2n) is 4.35. The van der Waals surface area contributed by atoms with Gasteiger partial charge < -0.3 is 4.74 Å². The zero-order valence-electron chi connectivity index (χ0n) is 9.86. The molecule has 1 aliphatic rings. The first kappa shape index (κ1) is 12.4. The summed E-state index contributed by atoms with van der Waals surface area (Å²) in [6, 6.07) is 3.60. The molecule has 1 unspecified atom stereocenters. The third-order valence-electron chi connectivity index (χ3n) is 3.01.